The minimum atomic E-state index is -5.04. The van der Waals surface area contributed by atoms with Gasteiger partial charge in [-0.25, -0.2) is 9.78 Å². The van der Waals surface area contributed by atoms with Crippen LogP contribution in [0.5, 0.6) is 5.75 Å². The molecule has 2 aromatic carbocycles. The molecule has 6 rings (SSSR count). The predicted molar refractivity (Wildman–Crippen MR) is 163 cm³/mol. The molecule has 0 spiro atoms. The zero-order chi connectivity index (χ0) is 33.8. The van der Waals surface area contributed by atoms with E-state index in [1.54, 1.807) is 7.11 Å². The van der Waals surface area contributed by atoms with E-state index in [9.17, 15) is 31.1 Å². The van der Waals surface area contributed by atoms with Crippen molar-refractivity contribution in [1.82, 2.24) is 14.5 Å². The molecule has 0 unspecified atom stereocenters. The monoisotopic (exact) mass is 658 g/mol. The lowest BCUT2D eigenvalue weighted by Crippen LogP contribution is -2.38. The molecular formula is C34H32F6N4O3. The van der Waals surface area contributed by atoms with E-state index in [-0.39, 0.29) is 12.6 Å². The van der Waals surface area contributed by atoms with Gasteiger partial charge >= 0.3 is 18.4 Å². The van der Waals surface area contributed by atoms with Crippen LogP contribution in [-0.4, -0.2) is 46.8 Å². The average Bonchev–Trinajstić information content (AvgIpc) is 3.47. The van der Waals surface area contributed by atoms with Crippen molar-refractivity contribution in [1.29, 1.82) is 0 Å². The van der Waals surface area contributed by atoms with Gasteiger partial charge < -0.3 is 18.9 Å². The first kappa shape index (κ1) is 32.3. The Balaban J connectivity index is 1.40. The third-order valence-electron chi connectivity index (χ3n) is 8.72. The number of methoxy groups -OCH3 is 1. The number of nitrogens with zero attached hydrogens (tertiary/aromatic N) is 4. The SMILES string of the molecule is COc1ccc(-c2cc(C)cn2C)cc1-c1ccc(N2CCC2)nc1CN1C(=O)O[C@H](c2cc(C(F)(F)F)cc(C(F)(F)F)c2)[C@@H]1C. The molecule has 7 nitrogen and oxygen atoms in total. The van der Waals surface area contributed by atoms with Crippen LogP contribution in [0, 0.1) is 6.92 Å². The van der Waals surface area contributed by atoms with Crippen LogP contribution in [0.25, 0.3) is 22.4 Å². The summed E-state index contributed by atoms with van der Waals surface area (Å²) < 4.78 is 94.9. The normalized spacial score (nSPS) is 18.4. The number of aromatic nitrogens is 2. The first-order valence-electron chi connectivity index (χ1n) is 15.0. The fourth-order valence-corrected chi connectivity index (χ4v) is 6.14. The molecular weight excluding hydrogens is 626 g/mol. The first-order chi connectivity index (χ1) is 22.1. The Hall–Kier alpha value is -4.68. The Bertz CT molecular complexity index is 1800. The number of aryl methyl sites for hydroxylation is 2. The summed E-state index contributed by atoms with van der Waals surface area (Å²) >= 11 is 0. The van der Waals surface area contributed by atoms with Crippen LogP contribution < -0.4 is 9.64 Å². The highest BCUT2D eigenvalue weighted by atomic mass is 19.4. The Morgan fingerprint density at radius 3 is 2.17 bits per heavy atom. The maximum atomic E-state index is 13.6. The lowest BCUT2D eigenvalue weighted by molar-refractivity contribution is -0.143. The number of rotatable bonds is 7. The third-order valence-corrected chi connectivity index (χ3v) is 8.72. The van der Waals surface area contributed by atoms with Gasteiger partial charge in [0.05, 0.1) is 36.5 Å². The maximum Gasteiger partial charge on any atom is 0.416 e. The van der Waals surface area contributed by atoms with Crippen molar-refractivity contribution in [3.05, 3.63) is 88.7 Å². The molecule has 2 aromatic heterocycles. The van der Waals surface area contributed by atoms with E-state index in [0.717, 1.165) is 36.3 Å². The molecule has 4 heterocycles. The molecule has 0 N–H and O–H groups in total. The molecule has 2 atom stereocenters. The summed E-state index contributed by atoms with van der Waals surface area (Å²) in [6.45, 7) is 5.02. The molecule has 248 valence electrons. The number of carbonyl (C=O) groups is 1. The standard InChI is InChI=1S/C34H32F6N4O3/c1-19-12-28(42(3)17-19)21-6-8-29(46-4)26(15-21)25-7-9-30(43-10-5-11-43)41-27(25)18-44-20(2)31(47-32(44)45)22-13-23(33(35,36)37)16-24(14-22)34(38,39)40/h6-9,12-17,20,31H,5,10-11,18H2,1-4H3/t20-,31-/m0/s1. The number of hydrogen-bond acceptors (Lipinski definition) is 5. The molecule has 0 aliphatic carbocycles. The Morgan fingerprint density at radius 1 is 0.936 bits per heavy atom. The number of ether oxygens (including phenoxy) is 2. The van der Waals surface area contributed by atoms with E-state index in [0.29, 0.717) is 40.5 Å². The molecule has 13 heteroatoms. The van der Waals surface area contributed by atoms with Crippen molar-refractivity contribution in [2.24, 2.45) is 7.05 Å². The Labute approximate surface area is 267 Å². The number of pyridine rings is 1. The van der Waals surface area contributed by atoms with Crippen LogP contribution in [0.4, 0.5) is 37.0 Å². The second kappa shape index (κ2) is 11.8. The topological polar surface area (TPSA) is 59.8 Å². The lowest BCUT2D eigenvalue weighted by atomic mass is 9.96. The van der Waals surface area contributed by atoms with Gasteiger partial charge in [0.1, 0.15) is 17.7 Å². The van der Waals surface area contributed by atoms with Crippen molar-refractivity contribution in [3.63, 3.8) is 0 Å². The Kier molecular flexibility index (Phi) is 8.13. The summed E-state index contributed by atoms with van der Waals surface area (Å²) in [5.74, 6) is 1.24. The Morgan fingerprint density at radius 2 is 1.62 bits per heavy atom. The molecule has 2 saturated heterocycles. The molecule has 0 saturated carbocycles. The highest BCUT2D eigenvalue weighted by Crippen LogP contribution is 2.42. The molecule has 4 aromatic rings. The average molecular weight is 659 g/mol. The van der Waals surface area contributed by atoms with E-state index in [1.165, 1.54) is 11.8 Å². The fraction of sp³-hybridized carbons (Fsp3) is 0.353. The highest BCUT2D eigenvalue weighted by Gasteiger charge is 2.43. The van der Waals surface area contributed by atoms with Crippen LogP contribution in [0.15, 0.2) is 60.8 Å². The number of benzene rings is 2. The first-order valence-corrected chi connectivity index (χ1v) is 15.0. The van der Waals surface area contributed by atoms with Crippen molar-refractivity contribution in [2.45, 2.75) is 51.3 Å². The zero-order valence-electron chi connectivity index (χ0n) is 26.0. The van der Waals surface area contributed by atoms with Gasteiger partial charge in [-0.1, -0.05) is 0 Å². The second-order valence-corrected chi connectivity index (χ2v) is 11.9. The van der Waals surface area contributed by atoms with Gasteiger partial charge in [0.25, 0.3) is 0 Å². The predicted octanol–water partition coefficient (Wildman–Crippen LogP) is 8.40. The van der Waals surface area contributed by atoms with Crippen molar-refractivity contribution < 1.29 is 40.6 Å². The van der Waals surface area contributed by atoms with Crippen molar-refractivity contribution in [3.8, 4) is 28.1 Å². The number of hydrogen-bond donors (Lipinski definition) is 0. The second-order valence-electron chi connectivity index (χ2n) is 11.9. The van der Waals surface area contributed by atoms with E-state index in [4.69, 9.17) is 14.5 Å². The van der Waals surface area contributed by atoms with Gasteiger partial charge in [-0.3, -0.25) is 4.90 Å². The quantitative estimate of drug-likeness (QED) is 0.187. The summed E-state index contributed by atoms with van der Waals surface area (Å²) in [4.78, 5) is 21.5. The molecule has 47 heavy (non-hydrogen) atoms. The van der Waals surface area contributed by atoms with E-state index >= 15 is 0 Å². The smallest absolute Gasteiger partial charge is 0.416 e. The minimum Gasteiger partial charge on any atom is -0.496 e. The summed E-state index contributed by atoms with van der Waals surface area (Å²) in [7, 11) is 3.49. The minimum absolute atomic E-state index is 0.0540. The van der Waals surface area contributed by atoms with E-state index in [1.807, 2.05) is 55.1 Å². The van der Waals surface area contributed by atoms with Crippen LogP contribution in [0.1, 0.15) is 47.4 Å². The van der Waals surface area contributed by atoms with E-state index < -0.39 is 47.3 Å². The van der Waals surface area contributed by atoms with Crippen LogP contribution >= 0.6 is 0 Å². The summed E-state index contributed by atoms with van der Waals surface area (Å²) in [5, 5.41) is 0. The van der Waals surface area contributed by atoms with Gasteiger partial charge in [-0.15, -0.1) is 0 Å². The molecule has 2 aliphatic rings. The highest BCUT2D eigenvalue weighted by molar-refractivity contribution is 5.80. The third kappa shape index (κ3) is 6.22. The number of alkyl halides is 6. The van der Waals surface area contributed by atoms with Gasteiger partial charge in [0.2, 0.25) is 0 Å². The molecule has 1 amide bonds. The van der Waals surface area contributed by atoms with E-state index in [2.05, 4.69) is 11.0 Å². The van der Waals surface area contributed by atoms with Gasteiger partial charge in [-0.2, -0.15) is 26.3 Å². The van der Waals surface area contributed by atoms with Gasteiger partial charge in [0, 0.05) is 43.2 Å². The number of anilines is 1. The van der Waals surface area contributed by atoms with Gasteiger partial charge in [0.15, 0.2) is 0 Å². The van der Waals surface area contributed by atoms with Crippen LogP contribution in [0.3, 0.4) is 0 Å². The summed E-state index contributed by atoms with van der Waals surface area (Å²) in [6.07, 6.45) is -9.33. The molecule has 2 fully saturated rings. The zero-order valence-corrected chi connectivity index (χ0v) is 26.0. The largest absolute Gasteiger partial charge is 0.496 e. The molecule has 0 radical (unpaired) electrons. The van der Waals surface area contributed by atoms with Gasteiger partial charge in [-0.05, 0) is 91.6 Å². The van der Waals surface area contributed by atoms with Crippen molar-refractivity contribution >= 4 is 11.9 Å². The molecule has 0 bridgehead atoms. The van der Waals surface area contributed by atoms with Crippen molar-refractivity contribution in [2.75, 3.05) is 25.1 Å². The number of cyclic esters (lactones) is 1. The summed E-state index contributed by atoms with van der Waals surface area (Å²) in [6, 6.07) is 11.9. The molecule has 2 aliphatic heterocycles. The lowest BCUT2D eigenvalue weighted by Gasteiger charge is -2.33. The summed E-state index contributed by atoms with van der Waals surface area (Å²) in [5.41, 5.74) is 1.44. The number of carbonyl (C=O) groups excluding carboxylic acids is 1. The number of amides is 1. The number of halogens is 6. The van der Waals surface area contributed by atoms with Crippen LogP contribution in [0.2, 0.25) is 0 Å². The van der Waals surface area contributed by atoms with Crippen LogP contribution in [-0.2, 0) is 30.7 Å². The fourth-order valence-electron chi connectivity index (χ4n) is 6.14. The maximum absolute atomic E-state index is 13.6.